The van der Waals surface area contributed by atoms with Gasteiger partial charge in [0.25, 0.3) is 0 Å². The number of likely N-dealkylation sites (N-methyl/N-ethyl adjacent to an activating group) is 1. The van der Waals surface area contributed by atoms with Gasteiger partial charge >= 0.3 is 0 Å². The Morgan fingerprint density at radius 1 is 1.53 bits per heavy atom. The van der Waals surface area contributed by atoms with E-state index in [2.05, 4.69) is 36.1 Å². The van der Waals surface area contributed by atoms with Crippen LogP contribution in [0.3, 0.4) is 0 Å². The smallest absolute Gasteiger partial charge is 0.0408 e. The molecule has 0 amide bonds. The third kappa shape index (κ3) is 3.90. The third-order valence-electron chi connectivity index (χ3n) is 3.34. The molecule has 0 aliphatic carbocycles. The summed E-state index contributed by atoms with van der Waals surface area (Å²) in [6.07, 6.45) is 2.45. The molecule has 0 bridgehead atoms. The lowest BCUT2D eigenvalue weighted by Crippen LogP contribution is -2.38. The quantitative estimate of drug-likeness (QED) is 0.876. The molecule has 2 unspecified atom stereocenters. The molecule has 1 aromatic rings. The van der Waals surface area contributed by atoms with E-state index in [1.54, 1.807) is 0 Å². The Kier molecular flexibility index (Phi) is 5.20. The summed E-state index contributed by atoms with van der Waals surface area (Å²) in [6, 6.07) is 8.86. The summed E-state index contributed by atoms with van der Waals surface area (Å²) in [7, 11) is 0. The van der Waals surface area contributed by atoms with E-state index >= 15 is 0 Å². The van der Waals surface area contributed by atoms with Crippen molar-refractivity contribution < 1.29 is 0 Å². The molecule has 0 radical (unpaired) electrons. The minimum Gasteiger partial charge on any atom is -0.314 e. The number of hydrogen-bond acceptors (Lipinski definition) is 2. The Morgan fingerprint density at radius 3 is 3.06 bits per heavy atom. The highest BCUT2D eigenvalue weighted by atomic mass is 35.5. The van der Waals surface area contributed by atoms with Crippen molar-refractivity contribution in [1.29, 1.82) is 0 Å². The Bertz CT molecular complexity index is 350. The Hall–Kier alpha value is -0.180. The van der Waals surface area contributed by atoms with Crippen molar-refractivity contribution >= 4 is 23.4 Å². The van der Waals surface area contributed by atoms with Crippen LogP contribution >= 0.6 is 23.4 Å². The van der Waals surface area contributed by atoms with E-state index in [0.717, 1.165) is 23.9 Å². The number of rotatable bonds is 5. The lowest BCUT2D eigenvalue weighted by atomic mass is 9.93. The number of benzene rings is 1. The first-order valence-electron chi connectivity index (χ1n) is 6.35. The molecule has 2 atom stereocenters. The summed E-state index contributed by atoms with van der Waals surface area (Å²) in [6.45, 7) is 3.24. The Morgan fingerprint density at radius 2 is 2.41 bits per heavy atom. The van der Waals surface area contributed by atoms with Crippen molar-refractivity contribution in [2.24, 2.45) is 5.92 Å². The molecule has 94 valence electrons. The molecular formula is C14H20ClNS. The van der Waals surface area contributed by atoms with Gasteiger partial charge in [-0.25, -0.2) is 0 Å². The number of halogens is 1. The lowest BCUT2D eigenvalue weighted by Gasteiger charge is -2.24. The molecule has 0 spiro atoms. The molecule has 1 aliphatic rings. The highest BCUT2D eigenvalue weighted by Gasteiger charge is 2.24. The van der Waals surface area contributed by atoms with Gasteiger partial charge in [-0.3, -0.25) is 0 Å². The van der Waals surface area contributed by atoms with Gasteiger partial charge < -0.3 is 5.32 Å². The van der Waals surface area contributed by atoms with Gasteiger partial charge in [0.1, 0.15) is 0 Å². The number of nitrogens with one attached hydrogen (secondary N) is 1. The van der Waals surface area contributed by atoms with Gasteiger partial charge in [-0.05, 0) is 54.5 Å². The first-order chi connectivity index (χ1) is 8.29. The van der Waals surface area contributed by atoms with Crippen LogP contribution in [0.15, 0.2) is 24.3 Å². The summed E-state index contributed by atoms with van der Waals surface area (Å²) in [5.74, 6) is 3.44. The first-order valence-corrected chi connectivity index (χ1v) is 7.88. The maximum Gasteiger partial charge on any atom is 0.0408 e. The molecule has 17 heavy (non-hydrogen) atoms. The molecule has 1 aliphatic heterocycles. The fourth-order valence-electron chi connectivity index (χ4n) is 2.46. The van der Waals surface area contributed by atoms with E-state index in [1.165, 1.54) is 23.5 Å². The van der Waals surface area contributed by atoms with E-state index in [-0.39, 0.29) is 0 Å². The van der Waals surface area contributed by atoms with Crippen LogP contribution in [-0.2, 0) is 6.42 Å². The lowest BCUT2D eigenvalue weighted by molar-refractivity contribution is 0.387. The van der Waals surface area contributed by atoms with Gasteiger partial charge in [0.2, 0.25) is 0 Å². The maximum absolute atomic E-state index is 6.04. The zero-order chi connectivity index (χ0) is 12.1. The fraction of sp³-hybridized carbons (Fsp3) is 0.571. The SMILES string of the molecule is CCNC(Cc1cccc(Cl)c1)C1CCSC1. The third-order valence-corrected chi connectivity index (χ3v) is 4.77. The minimum absolute atomic E-state index is 0.605. The Balaban J connectivity index is 2.01. The van der Waals surface area contributed by atoms with Crippen molar-refractivity contribution in [2.45, 2.75) is 25.8 Å². The van der Waals surface area contributed by atoms with Crippen molar-refractivity contribution in [3.8, 4) is 0 Å². The molecule has 1 nitrogen and oxygen atoms in total. The van der Waals surface area contributed by atoms with Crippen LogP contribution in [0.25, 0.3) is 0 Å². The standard InChI is InChI=1S/C14H20ClNS/c1-2-16-14(12-6-7-17-10-12)9-11-4-3-5-13(15)8-11/h3-5,8,12,14,16H,2,6-7,9-10H2,1H3. The zero-order valence-electron chi connectivity index (χ0n) is 10.3. The van der Waals surface area contributed by atoms with E-state index < -0.39 is 0 Å². The number of hydrogen-bond donors (Lipinski definition) is 1. The predicted octanol–water partition coefficient (Wildman–Crippen LogP) is 3.61. The molecule has 0 saturated carbocycles. The molecule has 2 rings (SSSR count). The van der Waals surface area contributed by atoms with Crippen LogP contribution < -0.4 is 5.32 Å². The van der Waals surface area contributed by atoms with E-state index in [1.807, 2.05) is 12.1 Å². The second-order valence-electron chi connectivity index (χ2n) is 4.62. The zero-order valence-corrected chi connectivity index (χ0v) is 11.9. The van der Waals surface area contributed by atoms with Crippen LogP contribution in [-0.4, -0.2) is 24.1 Å². The van der Waals surface area contributed by atoms with Crippen LogP contribution in [0.1, 0.15) is 18.9 Å². The highest BCUT2D eigenvalue weighted by molar-refractivity contribution is 7.99. The largest absolute Gasteiger partial charge is 0.314 e. The van der Waals surface area contributed by atoms with E-state index in [4.69, 9.17) is 11.6 Å². The molecule has 0 aromatic heterocycles. The van der Waals surface area contributed by atoms with Crippen LogP contribution in [0.5, 0.6) is 0 Å². The second-order valence-corrected chi connectivity index (χ2v) is 6.21. The average Bonchev–Trinajstić information content (AvgIpc) is 2.82. The monoisotopic (exact) mass is 269 g/mol. The summed E-state index contributed by atoms with van der Waals surface area (Å²) in [5.41, 5.74) is 1.35. The van der Waals surface area contributed by atoms with Crippen molar-refractivity contribution in [3.05, 3.63) is 34.9 Å². The second kappa shape index (κ2) is 6.67. The molecule has 1 saturated heterocycles. The molecule has 3 heteroatoms. The van der Waals surface area contributed by atoms with Crippen LogP contribution in [0.4, 0.5) is 0 Å². The normalized spacial score (nSPS) is 21.6. The van der Waals surface area contributed by atoms with Crippen LogP contribution in [0.2, 0.25) is 5.02 Å². The van der Waals surface area contributed by atoms with Gasteiger partial charge in [0.05, 0.1) is 0 Å². The van der Waals surface area contributed by atoms with E-state index in [0.29, 0.717) is 6.04 Å². The Labute approximate surface area is 113 Å². The van der Waals surface area contributed by atoms with Gasteiger partial charge in [0, 0.05) is 11.1 Å². The highest BCUT2D eigenvalue weighted by Crippen LogP contribution is 2.28. The average molecular weight is 270 g/mol. The molecule has 1 N–H and O–H groups in total. The topological polar surface area (TPSA) is 12.0 Å². The van der Waals surface area contributed by atoms with E-state index in [9.17, 15) is 0 Å². The van der Waals surface area contributed by atoms with Gasteiger partial charge in [-0.15, -0.1) is 0 Å². The molecule has 1 aromatic carbocycles. The van der Waals surface area contributed by atoms with Crippen molar-refractivity contribution in [1.82, 2.24) is 5.32 Å². The summed E-state index contributed by atoms with van der Waals surface area (Å²) >= 11 is 8.12. The predicted molar refractivity (Wildman–Crippen MR) is 78.1 cm³/mol. The minimum atomic E-state index is 0.605. The van der Waals surface area contributed by atoms with Gasteiger partial charge in [0.15, 0.2) is 0 Å². The number of thioether (sulfide) groups is 1. The summed E-state index contributed by atoms with van der Waals surface area (Å²) in [5, 5.41) is 4.48. The molecular weight excluding hydrogens is 250 g/mol. The van der Waals surface area contributed by atoms with Gasteiger partial charge in [-0.1, -0.05) is 30.7 Å². The first kappa shape index (κ1) is 13.3. The van der Waals surface area contributed by atoms with Crippen LogP contribution in [0, 0.1) is 5.92 Å². The summed E-state index contributed by atoms with van der Waals surface area (Å²) in [4.78, 5) is 0. The maximum atomic E-state index is 6.04. The van der Waals surface area contributed by atoms with Crippen molar-refractivity contribution in [2.75, 3.05) is 18.1 Å². The van der Waals surface area contributed by atoms with Crippen molar-refractivity contribution in [3.63, 3.8) is 0 Å². The van der Waals surface area contributed by atoms with Gasteiger partial charge in [-0.2, -0.15) is 11.8 Å². The molecule has 1 fully saturated rings. The fourth-order valence-corrected chi connectivity index (χ4v) is 4.01. The molecule has 1 heterocycles. The summed E-state index contributed by atoms with van der Waals surface area (Å²) < 4.78 is 0.